The van der Waals surface area contributed by atoms with Gasteiger partial charge in [-0.3, -0.25) is 4.79 Å². The van der Waals surface area contributed by atoms with Crippen LogP contribution in [0.5, 0.6) is 0 Å². The second kappa shape index (κ2) is 12.9. The third-order valence-electron chi connectivity index (χ3n) is 8.00. The fraction of sp³-hybridized carbons (Fsp3) is 0.135. The number of hydrogen-bond acceptors (Lipinski definition) is 4. The van der Waals surface area contributed by atoms with Gasteiger partial charge in [0.25, 0.3) is 0 Å². The summed E-state index contributed by atoms with van der Waals surface area (Å²) in [7, 11) is 0. The van der Waals surface area contributed by atoms with Gasteiger partial charge in [-0.2, -0.15) is 12.6 Å². The van der Waals surface area contributed by atoms with E-state index in [4.69, 9.17) is 16.3 Å². The van der Waals surface area contributed by atoms with Crippen molar-refractivity contribution in [3.05, 3.63) is 166 Å². The molecule has 5 aromatic carbocycles. The molecule has 6 rings (SSSR count). The Kier molecular flexibility index (Phi) is 8.64. The Hall–Kier alpha value is -4.32. The molecule has 0 aliphatic heterocycles. The van der Waals surface area contributed by atoms with E-state index in [9.17, 15) is 9.59 Å². The van der Waals surface area contributed by atoms with E-state index in [0.717, 1.165) is 38.9 Å². The highest BCUT2D eigenvalue weighted by molar-refractivity contribution is 7.80. The molecule has 0 bridgehead atoms. The highest BCUT2D eigenvalue weighted by atomic mass is 35.5. The standard InChI is InChI=1S/C37H30ClNO3S/c38-33-21-26(19-20-31(33)35(24-11-3-1-4-12-24)25-13-5-2-6-14-25)36(40)34(23-43)39-37(41)42-22-32-29-17-9-7-15-27(29)28-16-8-10-18-30(28)32/h1-21,32,34-35,43H,22-23H2,(H,39,41)/t34-/m0/s1. The Balaban J connectivity index is 1.17. The van der Waals surface area contributed by atoms with Crippen molar-refractivity contribution < 1.29 is 14.3 Å². The summed E-state index contributed by atoms with van der Waals surface area (Å²) in [4.78, 5) is 26.4. The summed E-state index contributed by atoms with van der Waals surface area (Å²) in [5, 5.41) is 3.19. The number of hydrogen-bond donors (Lipinski definition) is 2. The molecule has 214 valence electrons. The molecular weight excluding hydrogens is 574 g/mol. The molecule has 0 saturated heterocycles. The molecule has 5 aromatic rings. The monoisotopic (exact) mass is 603 g/mol. The summed E-state index contributed by atoms with van der Waals surface area (Å²) >= 11 is 11.2. The van der Waals surface area contributed by atoms with Crippen LogP contribution in [-0.4, -0.2) is 30.3 Å². The number of amides is 1. The van der Waals surface area contributed by atoms with E-state index in [0.29, 0.717) is 10.6 Å². The van der Waals surface area contributed by atoms with E-state index in [1.165, 1.54) is 0 Å². The van der Waals surface area contributed by atoms with Crippen molar-refractivity contribution in [1.29, 1.82) is 0 Å². The molecule has 6 heteroatoms. The maximum atomic E-state index is 13.5. The van der Waals surface area contributed by atoms with Crippen LogP contribution in [0.15, 0.2) is 127 Å². The van der Waals surface area contributed by atoms with Crippen molar-refractivity contribution in [3.63, 3.8) is 0 Å². The van der Waals surface area contributed by atoms with Crippen LogP contribution in [0.1, 0.15) is 50.0 Å². The molecule has 0 radical (unpaired) electrons. The fourth-order valence-electron chi connectivity index (χ4n) is 5.93. The number of rotatable bonds is 9. The predicted molar refractivity (Wildman–Crippen MR) is 175 cm³/mol. The maximum Gasteiger partial charge on any atom is 0.407 e. The summed E-state index contributed by atoms with van der Waals surface area (Å²) in [6, 6.07) is 41.0. The van der Waals surface area contributed by atoms with Crippen LogP contribution in [0.3, 0.4) is 0 Å². The van der Waals surface area contributed by atoms with Gasteiger partial charge in [-0.15, -0.1) is 0 Å². The summed E-state index contributed by atoms with van der Waals surface area (Å²) in [6.45, 7) is 0.161. The zero-order valence-corrected chi connectivity index (χ0v) is 25.0. The van der Waals surface area contributed by atoms with Crippen LogP contribution in [0.4, 0.5) is 4.79 Å². The molecule has 1 aliphatic rings. The van der Waals surface area contributed by atoms with Crippen molar-refractivity contribution >= 4 is 36.1 Å². The van der Waals surface area contributed by atoms with E-state index in [-0.39, 0.29) is 30.0 Å². The number of alkyl carbamates (subject to hydrolysis) is 1. The molecule has 0 heterocycles. The minimum absolute atomic E-state index is 0.0724. The smallest absolute Gasteiger partial charge is 0.407 e. The normalized spacial score (nSPS) is 12.8. The SMILES string of the molecule is O=C(N[C@@H](CS)C(=O)c1ccc(C(c2ccccc2)c2ccccc2)c(Cl)c1)OCC1c2ccccc2-c2ccccc21. The summed E-state index contributed by atoms with van der Waals surface area (Å²) in [6.07, 6.45) is -0.662. The largest absolute Gasteiger partial charge is 0.449 e. The Morgan fingerprint density at radius 1 is 0.744 bits per heavy atom. The van der Waals surface area contributed by atoms with E-state index >= 15 is 0 Å². The van der Waals surface area contributed by atoms with Crippen molar-refractivity contribution in [2.45, 2.75) is 17.9 Å². The molecule has 43 heavy (non-hydrogen) atoms. The number of carbonyl (C=O) groups is 2. The van der Waals surface area contributed by atoms with E-state index in [1.807, 2.05) is 66.7 Å². The third-order valence-corrected chi connectivity index (χ3v) is 8.69. The number of ketones is 1. The zero-order valence-electron chi connectivity index (χ0n) is 23.3. The number of fused-ring (bicyclic) bond motifs is 3. The number of benzene rings is 5. The van der Waals surface area contributed by atoms with Gasteiger partial charge in [0.05, 0.1) is 0 Å². The van der Waals surface area contributed by atoms with Crippen LogP contribution >= 0.6 is 24.2 Å². The molecule has 0 saturated carbocycles. The highest BCUT2D eigenvalue weighted by Gasteiger charge is 2.30. The van der Waals surface area contributed by atoms with Gasteiger partial charge in [0.1, 0.15) is 12.6 Å². The van der Waals surface area contributed by atoms with Crippen molar-refractivity contribution in [1.82, 2.24) is 5.32 Å². The predicted octanol–water partition coefficient (Wildman–Crippen LogP) is 8.54. The zero-order chi connectivity index (χ0) is 29.8. The number of thiol groups is 1. The minimum Gasteiger partial charge on any atom is -0.449 e. The second-order valence-corrected chi connectivity index (χ2v) is 11.3. The molecule has 1 atom stereocenters. The van der Waals surface area contributed by atoms with Gasteiger partial charge >= 0.3 is 6.09 Å². The van der Waals surface area contributed by atoms with Crippen LogP contribution in [-0.2, 0) is 4.74 Å². The van der Waals surface area contributed by atoms with Crippen molar-refractivity contribution in [3.8, 4) is 11.1 Å². The molecule has 0 fully saturated rings. The van der Waals surface area contributed by atoms with E-state index in [1.54, 1.807) is 12.1 Å². The summed E-state index contributed by atoms with van der Waals surface area (Å²) in [5.41, 5.74) is 8.03. The average Bonchev–Trinajstić information content (AvgIpc) is 3.37. The third kappa shape index (κ3) is 5.96. The molecule has 1 amide bonds. The Morgan fingerprint density at radius 2 is 1.28 bits per heavy atom. The van der Waals surface area contributed by atoms with Gasteiger partial charge in [0.2, 0.25) is 0 Å². The van der Waals surface area contributed by atoms with Gasteiger partial charge in [-0.1, -0.05) is 133 Å². The number of carbonyl (C=O) groups excluding carboxylic acids is 2. The Bertz CT molecular complexity index is 1670. The van der Waals surface area contributed by atoms with E-state index < -0.39 is 12.1 Å². The quantitative estimate of drug-likeness (QED) is 0.101. The Morgan fingerprint density at radius 3 is 1.81 bits per heavy atom. The number of Topliss-reactive ketones (excluding diaryl/α,β-unsaturated/α-hetero) is 1. The van der Waals surface area contributed by atoms with Gasteiger partial charge in [-0.25, -0.2) is 4.79 Å². The van der Waals surface area contributed by atoms with Crippen molar-refractivity contribution in [2.75, 3.05) is 12.4 Å². The molecule has 0 unspecified atom stereocenters. The lowest BCUT2D eigenvalue weighted by Crippen LogP contribution is -2.42. The topological polar surface area (TPSA) is 55.4 Å². The first-order valence-corrected chi connectivity index (χ1v) is 15.2. The number of ether oxygens (including phenoxy) is 1. The average molecular weight is 604 g/mol. The van der Waals surface area contributed by atoms with Gasteiger partial charge in [0.15, 0.2) is 5.78 Å². The highest BCUT2D eigenvalue weighted by Crippen LogP contribution is 2.44. The molecule has 4 nitrogen and oxygen atoms in total. The van der Waals surface area contributed by atoms with Crippen molar-refractivity contribution in [2.24, 2.45) is 0 Å². The summed E-state index contributed by atoms with van der Waals surface area (Å²) < 4.78 is 5.67. The summed E-state index contributed by atoms with van der Waals surface area (Å²) in [5.74, 6) is -0.345. The Labute approximate surface area is 262 Å². The van der Waals surface area contributed by atoms with Gasteiger partial charge in [-0.05, 0) is 45.0 Å². The van der Waals surface area contributed by atoms with Gasteiger partial charge in [0, 0.05) is 28.2 Å². The minimum atomic E-state index is -0.875. The number of halogens is 1. The first-order valence-electron chi connectivity index (χ1n) is 14.2. The lowest BCUT2D eigenvalue weighted by atomic mass is 9.84. The number of nitrogens with one attached hydrogen (secondary N) is 1. The maximum absolute atomic E-state index is 13.5. The van der Waals surface area contributed by atoms with Crippen LogP contribution in [0.25, 0.3) is 11.1 Å². The molecule has 1 N–H and O–H groups in total. The molecule has 0 spiro atoms. The van der Waals surface area contributed by atoms with Crippen LogP contribution in [0, 0.1) is 0 Å². The van der Waals surface area contributed by atoms with Crippen LogP contribution < -0.4 is 5.32 Å². The lowest BCUT2D eigenvalue weighted by Gasteiger charge is -2.21. The van der Waals surface area contributed by atoms with Crippen LogP contribution in [0.2, 0.25) is 5.02 Å². The second-order valence-electron chi connectivity index (χ2n) is 10.6. The first kappa shape index (κ1) is 28.8. The molecular formula is C37H30ClNO3S. The fourth-order valence-corrected chi connectivity index (χ4v) is 6.48. The van der Waals surface area contributed by atoms with E-state index in [2.05, 4.69) is 66.5 Å². The molecule has 0 aromatic heterocycles. The molecule has 1 aliphatic carbocycles. The first-order chi connectivity index (χ1) is 21.0. The lowest BCUT2D eigenvalue weighted by molar-refractivity contribution is 0.0932. The van der Waals surface area contributed by atoms with Gasteiger partial charge < -0.3 is 10.1 Å².